The summed E-state index contributed by atoms with van der Waals surface area (Å²) in [6, 6.07) is 4.88. The fraction of sp³-hybridized carbons (Fsp3) is 0.500. The summed E-state index contributed by atoms with van der Waals surface area (Å²) in [5.41, 5.74) is 5.92. The van der Waals surface area contributed by atoms with Gasteiger partial charge in [-0.2, -0.15) is 0 Å². The molecule has 18 heavy (non-hydrogen) atoms. The molecule has 1 aromatic rings. The highest BCUT2D eigenvalue weighted by Crippen LogP contribution is 2.29. The maximum Gasteiger partial charge on any atom is 0.139 e. The summed E-state index contributed by atoms with van der Waals surface area (Å²) in [7, 11) is 0. The molecule has 0 spiro atoms. The largest absolute Gasteiger partial charge is 0.384 e. The quantitative estimate of drug-likeness (QED) is 0.463. The maximum absolute atomic E-state index is 13.9. The van der Waals surface area contributed by atoms with Crippen molar-refractivity contribution in [3.05, 3.63) is 35.1 Å². The first-order valence-electron chi connectivity index (χ1n) is 6.38. The summed E-state index contributed by atoms with van der Waals surface area (Å²) < 4.78 is 19.4. The second-order valence-electron chi connectivity index (χ2n) is 4.83. The maximum atomic E-state index is 13.9. The van der Waals surface area contributed by atoms with Gasteiger partial charge in [0.2, 0.25) is 0 Å². The molecule has 98 valence electrons. The van der Waals surface area contributed by atoms with Crippen LogP contribution in [0.5, 0.6) is 0 Å². The summed E-state index contributed by atoms with van der Waals surface area (Å²) in [5, 5.41) is 7.27. The average Bonchev–Trinajstić information content (AvgIpc) is 2.28. The van der Waals surface area contributed by atoms with E-state index in [0.29, 0.717) is 12.2 Å². The number of nitrogen functional groups attached to an aromatic ring is 1. The number of nitrogens with one attached hydrogen (secondary N) is 1. The lowest BCUT2D eigenvalue weighted by Crippen LogP contribution is -2.15. The molecule has 0 unspecified atom stereocenters. The second kappa shape index (κ2) is 5.96. The van der Waals surface area contributed by atoms with Gasteiger partial charge >= 0.3 is 0 Å². The van der Waals surface area contributed by atoms with Gasteiger partial charge < -0.3 is 10.5 Å². The van der Waals surface area contributed by atoms with E-state index in [1.54, 1.807) is 12.1 Å². The minimum Gasteiger partial charge on any atom is -0.384 e. The molecule has 3 N–H and O–H groups in total. The zero-order valence-electron chi connectivity index (χ0n) is 10.4. The Morgan fingerprint density at radius 2 is 2.22 bits per heavy atom. The number of ether oxygens (including phenoxy) is 1. The standard InChI is InChI=1S/C14H19FN2O/c15-13-11(5-2-6-12(13)14(16)17)9-18-8-7-10-3-1-4-10/h2,5-6,10H,1,3-4,7-9H2,(H3,16,17). The van der Waals surface area contributed by atoms with Crippen molar-refractivity contribution in [2.75, 3.05) is 6.61 Å². The fourth-order valence-electron chi connectivity index (χ4n) is 2.11. The Hall–Kier alpha value is -1.42. The number of rotatable bonds is 6. The Labute approximate surface area is 107 Å². The van der Waals surface area contributed by atoms with Crippen LogP contribution in [0.4, 0.5) is 4.39 Å². The number of amidine groups is 1. The lowest BCUT2D eigenvalue weighted by atomic mass is 9.83. The van der Waals surface area contributed by atoms with E-state index < -0.39 is 5.82 Å². The van der Waals surface area contributed by atoms with E-state index in [0.717, 1.165) is 12.3 Å². The zero-order chi connectivity index (χ0) is 13.0. The van der Waals surface area contributed by atoms with Crippen molar-refractivity contribution in [2.45, 2.75) is 32.3 Å². The Bertz CT molecular complexity index is 430. The van der Waals surface area contributed by atoms with Crippen LogP contribution in [0.1, 0.15) is 36.8 Å². The normalized spacial score (nSPS) is 15.4. The summed E-state index contributed by atoms with van der Waals surface area (Å²) in [5.74, 6) is 0.121. The number of benzene rings is 1. The molecule has 0 heterocycles. The van der Waals surface area contributed by atoms with E-state index in [2.05, 4.69) is 0 Å². The van der Waals surface area contributed by atoms with E-state index in [-0.39, 0.29) is 18.0 Å². The van der Waals surface area contributed by atoms with Gasteiger partial charge in [0.25, 0.3) is 0 Å². The van der Waals surface area contributed by atoms with Crippen molar-refractivity contribution in [3.8, 4) is 0 Å². The van der Waals surface area contributed by atoms with Gasteiger partial charge in [-0.15, -0.1) is 0 Å². The Kier molecular flexibility index (Phi) is 4.31. The second-order valence-corrected chi connectivity index (χ2v) is 4.83. The lowest BCUT2D eigenvalue weighted by molar-refractivity contribution is 0.0931. The van der Waals surface area contributed by atoms with Crippen LogP contribution in [0, 0.1) is 17.1 Å². The van der Waals surface area contributed by atoms with E-state index >= 15 is 0 Å². The van der Waals surface area contributed by atoms with Crippen LogP contribution in [0.25, 0.3) is 0 Å². The van der Waals surface area contributed by atoms with Crippen LogP contribution in [0.15, 0.2) is 18.2 Å². The molecule has 1 saturated carbocycles. The minimum atomic E-state index is -0.436. The Balaban J connectivity index is 1.84. The third-order valence-corrected chi connectivity index (χ3v) is 3.52. The van der Waals surface area contributed by atoms with Crippen LogP contribution in [-0.4, -0.2) is 12.4 Å². The molecule has 1 fully saturated rings. The van der Waals surface area contributed by atoms with E-state index in [1.807, 2.05) is 0 Å². The smallest absolute Gasteiger partial charge is 0.139 e. The number of hydrogen-bond donors (Lipinski definition) is 2. The monoisotopic (exact) mass is 250 g/mol. The van der Waals surface area contributed by atoms with Crippen LogP contribution < -0.4 is 5.73 Å². The average molecular weight is 250 g/mol. The first kappa shape index (κ1) is 13.0. The fourth-order valence-corrected chi connectivity index (χ4v) is 2.11. The molecule has 0 atom stereocenters. The molecular weight excluding hydrogens is 231 g/mol. The predicted molar refractivity (Wildman–Crippen MR) is 69.0 cm³/mol. The zero-order valence-corrected chi connectivity index (χ0v) is 10.4. The van der Waals surface area contributed by atoms with Gasteiger partial charge in [0.05, 0.1) is 12.2 Å². The van der Waals surface area contributed by atoms with Gasteiger partial charge in [0, 0.05) is 12.2 Å². The Morgan fingerprint density at radius 3 is 2.83 bits per heavy atom. The molecule has 2 rings (SSSR count). The highest BCUT2D eigenvalue weighted by atomic mass is 19.1. The van der Waals surface area contributed by atoms with Gasteiger partial charge in [-0.3, -0.25) is 5.41 Å². The van der Waals surface area contributed by atoms with E-state index in [1.165, 1.54) is 25.3 Å². The van der Waals surface area contributed by atoms with Crippen molar-refractivity contribution in [3.63, 3.8) is 0 Å². The third-order valence-electron chi connectivity index (χ3n) is 3.52. The Morgan fingerprint density at radius 1 is 1.44 bits per heavy atom. The predicted octanol–water partition coefficient (Wildman–Crippen LogP) is 2.82. The SMILES string of the molecule is N=C(N)c1cccc(COCCC2CCC2)c1F. The first-order chi connectivity index (χ1) is 8.68. The highest BCUT2D eigenvalue weighted by Gasteiger charge is 2.16. The third kappa shape index (κ3) is 3.07. The van der Waals surface area contributed by atoms with Crippen molar-refractivity contribution in [1.82, 2.24) is 0 Å². The summed E-state index contributed by atoms with van der Waals surface area (Å²) in [6.45, 7) is 0.925. The topological polar surface area (TPSA) is 59.1 Å². The first-order valence-corrected chi connectivity index (χ1v) is 6.38. The van der Waals surface area contributed by atoms with Crippen molar-refractivity contribution in [1.29, 1.82) is 5.41 Å². The molecule has 3 nitrogen and oxygen atoms in total. The molecule has 0 aromatic heterocycles. The minimum absolute atomic E-state index is 0.148. The van der Waals surface area contributed by atoms with Gasteiger partial charge in [0.1, 0.15) is 11.7 Å². The molecule has 0 saturated heterocycles. The molecule has 1 aromatic carbocycles. The van der Waals surface area contributed by atoms with E-state index in [9.17, 15) is 4.39 Å². The molecule has 1 aliphatic carbocycles. The van der Waals surface area contributed by atoms with Gasteiger partial charge in [0.15, 0.2) is 0 Å². The molecule has 0 bridgehead atoms. The van der Waals surface area contributed by atoms with Crippen molar-refractivity contribution in [2.24, 2.45) is 11.7 Å². The number of halogens is 1. The van der Waals surface area contributed by atoms with Crippen LogP contribution in [0.3, 0.4) is 0 Å². The van der Waals surface area contributed by atoms with Crippen molar-refractivity contribution < 1.29 is 9.13 Å². The van der Waals surface area contributed by atoms with Crippen LogP contribution >= 0.6 is 0 Å². The number of hydrogen-bond acceptors (Lipinski definition) is 2. The molecule has 0 amide bonds. The molecule has 4 heteroatoms. The summed E-state index contributed by atoms with van der Waals surface area (Å²) in [6.07, 6.45) is 5.00. The van der Waals surface area contributed by atoms with Crippen molar-refractivity contribution >= 4 is 5.84 Å². The van der Waals surface area contributed by atoms with E-state index in [4.69, 9.17) is 15.9 Å². The highest BCUT2D eigenvalue weighted by molar-refractivity contribution is 5.95. The molecule has 0 aliphatic heterocycles. The molecule has 1 aliphatic rings. The van der Waals surface area contributed by atoms with Crippen LogP contribution in [-0.2, 0) is 11.3 Å². The summed E-state index contributed by atoms with van der Waals surface area (Å²) in [4.78, 5) is 0. The van der Waals surface area contributed by atoms with Gasteiger partial charge in [-0.1, -0.05) is 31.4 Å². The summed E-state index contributed by atoms with van der Waals surface area (Å²) >= 11 is 0. The molecule has 0 radical (unpaired) electrons. The van der Waals surface area contributed by atoms with Crippen LogP contribution in [0.2, 0.25) is 0 Å². The van der Waals surface area contributed by atoms with Gasteiger partial charge in [-0.25, -0.2) is 4.39 Å². The molecular formula is C14H19FN2O. The lowest BCUT2D eigenvalue weighted by Gasteiger charge is -2.24. The number of nitrogens with two attached hydrogens (primary N) is 1. The van der Waals surface area contributed by atoms with Gasteiger partial charge in [-0.05, 0) is 18.4 Å².